The fraction of sp³-hybridized carbons (Fsp3) is 0.562. The summed E-state index contributed by atoms with van der Waals surface area (Å²) in [5.74, 6) is 0. The van der Waals surface area contributed by atoms with Crippen LogP contribution in [0.5, 0.6) is 0 Å². The number of nitrogens with zero attached hydrogens (tertiary/aromatic N) is 1. The van der Waals surface area contributed by atoms with Gasteiger partial charge in [-0.15, -0.1) is 0 Å². The van der Waals surface area contributed by atoms with E-state index in [0.717, 1.165) is 12.8 Å². The lowest BCUT2D eigenvalue weighted by Crippen LogP contribution is -2.53. The Morgan fingerprint density at radius 2 is 1.77 bits per heavy atom. The number of hydrogen-bond acceptors (Lipinski definition) is 3. The van der Waals surface area contributed by atoms with Gasteiger partial charge in [-0.1, -0.05) is 18.2 Å². The first kappa shape index (κ1) is 15.3. The van der Waals surface area contributed by atoms with E-state index in [2.05, 4.69) is 5.32 Å². The lowest BCUT2D eigenvalue weighted by Gasteiger charge is -2.38. The first-order valence-electron chi connectivity index (χ1n) is 7.89. The second kappa shape index (κ2) is 5.91. The van der Waals surface area contributed by atoms with Gasteiger partial charge in [0.25, 0.3) is 0 Å². The number of urea groups is 1. The van der Waals surface area contributed by atoms with Gasteiger partial charge in [-0.25, -0.2) is 13.2 Å². The van der Waals surface area contributed by atoms with Crippen molar-refractivity contribution >= 4 is 15.9 Å². The molecule has 0 radical (unpaired) electrons. The molecule has 2 saturated heterocycles. The molecule has 3 rings (SSSR count). The summed E-state index contributed by atoms with van der Waals surface area (Å²) in [5, 5.41) is 2.46. The summed E-state index contributed by atoms with van der Waals surface area (Å²) in [5.41, 5.74) is 0. The summed E-state index contributed by atoms with van der Waals surface area (Å²) in [4.78, 5) is 14.4. The third-order valence-electron chi connectivity index (χ3n) is 4.76. The smallest absolute Gasteiger partial charge is 0.317 e. The highest BCUT2D eigenvalue weighted by molar-refractivity contribution is 7.92. The molecule has 3 atom stereocenters. The summed E-state index contributed by atoms with van der Waals surface area (Å²) in [6.45, 7) is 2.49. The number of sulfone groups is 1. The molecule has 1 aromatic carbocycles. The van der Waals surface area contributed by atoms with E-state index in [9.17, 15) is 13.2 Å². The van der Waals surface area contributed by atoms with Crippen molar-refractivity contribution in [3.8, 4) is 0 Å². The SMILES string of the molecule is CCNC(=O)N1[C@@H]2CC[C@H]1CC(S(=O)(=O)c1ccccc1)C2. The largest absolute Gasteiger partial charge is 0.338 e. The second-order valence-electron chi connectivity index (χ2n) is 6.08. The van der Waals surface area contributed by atoms with Gasteiger partial charge in [-0.3, -0.25) is 0 Å². The van der Waals surface area contributed by atoms with Crippen LogP contribution in [0.15, 0.2) is 35.2 Å². The summed E-state index contributed by atoms with van der Waals surface area (Å²) >= 11 is 0. The third-order valence-corrected chi connectivity index (χ3v) is 6.95. The van der Waals surface area contributed by atoms with E-state index < -0.39 is 9.84 Å². The molecule has 2 bridgehead atoms. The van der Waals surface area contributed by atoms with Crippen molar-refractivity contribution in [2.24, 2.45) is 0 Å². The Hall–Kier alpha value is -1.56. The van der Waals surface area contributed by atoms with Crippen molar-refractivity contribution in [2.75, 3.05) is 6.54 Å². The van der Waals surface area contributed by atoms with E-state index in [1.54, 1.807) is 24.3 Å². The molecule has 2 heterocycles. The van der Waals surface area contributed by atoms with Gasteiger partial charge in [0.1, 0.15) is 0 Å². The molecule has 6 heteroatoms. The van der Waals surface area contributed by atoms with Crippen LogP contribution >= 0.6 is 0 Å². The van der Waals surface area contributed by atoms with Gasteiger partial charge >= 0.3 is 6.03 Å². The molecular formula is C16H22N2O3S. The number of rotatable bonds is 3. The highest BCUT2D eigenvalue weighted by atomic mass is 32.2. The zero-order valence-electron chi connectivity index (χ0n) is 12.7. The first-order chi connectivity index (χ1) is 10.5. The minimum Gasteiger partial charge on any atom is -0.338 e. The van der Waals surface area contributed by atoms with Gasteiger partial charge in [-0.05, 0) is 44.7 Å². The summed E-state index contributed by atoms with van der Waals surface area (Å²) in [7, 11) is -3.31. The van der Waals surface area contributed by atoms with Crippen LogP contribution in [-0.2, 0) is 9.84 Å². The summed E-state index contributed by atoms with van der Waals surface area (Å²) in [6.07, 6.45) is 2.90. The van der Waals surface area contributed by atoms with Crippen LogP contribution in [0.1, 0.15) is 32.6 Å². The highest BCUT2D eigenvalue weighted by Crippen LogP contribution is 2.39. The number of benzene rings is 1. The first-order valence-corrected chi connectivity index (χ1v) is 9.43. The lowest BCUT2D eigenvalue weighted by atomic mass is 10.0. The molecule has 5 nitrogen and oxygen atoms in total. The van der Waals surface area contributed by atoms with Crippen LogP contribution in [0.2, 0.25) is 0 Å². The number of carbonyl (C=O) groups is 1. The van der Waals surface area contributed by atoms with Crippen molar-refractivity contribution in [3.63, 3.8) is 0 Å². The molecule has 0 spiro atoms. The molecule has 1 N–H and O–H groups in total. The van der Waals surface area contributed by atoms with Gasteiger partial charge < -0.3 is 10.2 Å². The van der Waals surface area contributed by atoms with Crippen LogP contribution in [0.25, 0.3) is 0 Å². The van der Waals surface area contributed by atoms with E-state index in [1.165, 1.54) is 0 Å². The van der Waals surface area contributed by atoms with Gasteiger partial charge in [0, 0.05) is 18.6 Å². The average molecular weight is 322 g/mol. The van der Waals surface area contributed by atoms with Crippen molar-refractivity contribution in [2.45, 2.75) is 54.8 Å². The molecule has 2 fully saturated rings. The van der Waals surface area contributed by atoms with Gasteiger partial charge in [-0.2, -0.15) is 0 Å². The fourth-order valence-electron chi connectivity index (χ4n) is 3.76. The summed E-state index contributed by atoms with van der Waals surface area (Å²) < 4.78 is 25.6. The van der Waals surface area contributed by atoms with E-state index in [0.29, 0.717) is 24.3 Å². The predicted molar refractivity (Wildman–Crippen MR) is 84.4 cm³/mol. The number of hydrogen-bond donors (Lipinski definition) is 1. The molecular weight excluding hydrogens is 300 g/mol. The third kappa shape index (κ3) is 2.60. The Morgan fingerprint density at radius 1 is 1.18 bits per heavy atom. The van der Waals surface area contributed by atoms with E-state index >= 15 is 0 Å². The van der Waals surface area contributed by atoms with E-state index in [1.807, 2.05) is 17.9 Å². The molecule has 0 aromatic heterocycles. The molecule has 1 aromatic rings. The number of piperidine rings is 1. The molecule has 0 aliphatic carbocycles. The zero-order valence-corrected chi connectivity index (χ0v) is 13.6. The van der Waals surface area contributed by atoms with Crippen LogP contribution in [0.3, 0.4) is 0 Å². The minimum atomic E-state index is -3.31. The van der Waals surface area contributed by atoms with Crippen molar-refractivity contribution in [3.05, 3.63) is 30.3 Å². The monoisotopic (exact) mass is 322 g/mol. The molecule has 2 aliphatic heterocycles. The highest BCUT2D eigenvalue weighted by Gasteiger charge is 2.47. The van der Waals surface area contributed by atoms with Crippen LogP contribution in [0, 0.1) is 0 Å². The van der Waals surface area contributed by atoms with Crippen LogP contribution in [-0.4, -0.2) is 43.2 Å². The number of carbonyl (C=O) groups excluding carboxylic acids is 1. The van der Waals surface area contributed by atoms with Gasteiger partial charge in [0.2, 0.25) is 0 Å². The van der Waals surface area contributed by atoms with Gasteiger partial charge in [0.15, 0.2) is 9.84 Å². The second-order valence-corrected chi connectivity index (χ2v) is 8.31. The lowest BCUT2D eigenvalue weighted by molar-refractivity contribution is 0.148. The molecule has 22 heavy (non-hydrogen) atoms. The van der Waals surface area contributed by atoms with Crippen molar-refractivity contribution in [1.29, 1.82) is 0 Å². The number of amides is 2. The maximum Gasteiger partial charge on any atom is 0.317 e. The quantitative estimate of drug-likeness (QED) is 0.927. The topological polar surface area (TPSA) is 66.5 Å². The molecule has 2 amide bonds. The molecule has 2 aliphatic rings. The van der Waals surface area contributed by atoms with Crippen molar-refractivity contribution in [1.82, 2.24) is 10.2 Å². The Balaban J connectivity index is 1.80. The Bertz CT molecular complexity index is 631. The number of nitrogens with one attached hydrogen (secondary N) is 1. The van der Waals surface area contributed by atoms with Gasteiger partial charge in [0.05, 0.1) is 10.1 Å². The Kier molecular flexibility index (Phi) is 4.12. The average Bonchev–Trinajstić information content (AvgIpc) is 2.78. The van der Waals surface area contributed by atoms with E-state index in [4.69, 9.17) is 0 Å². The number of fused-ring (bicyclic) bond motifs is 2. The predicted octanol–water partition coefficient (Wildman–Crippen LogP) is 2.19. The maximum absolute atomic E-state index is 12.8. The van der Waals surface area contributed by atoms with Crippen LogP contribution in [0.4, 0.5) is 4.79 Å². The molecule has 0 saturated carbocycles. The van der Waals surface area contributed by atoms with Crippen molar-refractivity contribution < 1.29 is 13.2 Å². The zero-order chi connectivity index (χ0) is 15.7. The molecule has 120 valence electrons. The minimum absolute atomic E-state index is 0.0498. The molecule has 1 unspecified atom stereocenters. The normalized spacial score (nSPS) is 27.7. The Morgan fingerprint density at radius 3 is 2.32 bits per heavy atom. The fourth-order valence-corrected chi connectivity index (χ4v) is 5.63. The summed E-state index contributed by atoms with van der Waals surface area (Å²) in [6, 6.07) is 8.70. The standard InChI is InChI=1S/C16H22N2O3S/c1-2-17-16(19)18-12-8-9-13(18)11-15(10-12)22(20,21)14-6-4-3-5-7-14/h3-7,12-13,15H,2,8-11H2,1H3,(H,17,19)/t12-,13+,15?. The van der Waals surface area contributed by atoms with E-state index in [-0.39, 0.29) is 23.4 Å². The Labute approximate surface area is 131 Å². The van der Waals surface area contributed by atoms with Crippen LogP contribution < -0.4 is 5.32 Å². The maximum atomic E-state index is 12.8.